The van der Waals surface area contributed by atoms with Crippen LogP contribution in [0.3, 0.4) is 0 Å². The highest BCUT2D eigenvalue weighted by Crippen LogP contribution is 2.62. The van der Waals surface area contributed by atoms with E-state index in [1.807, 2.05) is 42.5 Å². The largest absolute Gasteiger partial charge is 0.439 e. The molecule has 1 aromatic carbocycles. The number of nitrogens with one attached hydrogen (secondary N) is 1. The van der Waals surface area contributed by atoms with E-state index >= 15 is 0 Å². The standard InChI is InChI=1S/C19H18N4O2.ClH/c1-2-4-14(5-3-1)24-16-7-6-13(11-21-16)17-22-18(25-23-17)15-10-19(15)8-9-20-12-19;/h1-7,11,15,20H,8-10,12H2;1H. The topological polar surface area (TPSA) is 73.1 Å². The molecular formula is C19H19ClN4O2. The number of benzene rings is 1. The predicted molar refractivity (Wildman–Crippen MR) is 98.6 cm³/mol. The lowest BCUT2D eigenvalue weighted by Gasteiger charge is -2.04. The van der Waals surface area contributed by atoms with Crippen LogP contribution in [0.2, 0.25) is 0 Å². The third-order valence-corrected chi connectivity index (χ3v) is 5.17. The zero-order valence-electron chi connectivity index (χ0n) is 14.1. The highest BCUT2D eigenvalue weighted by atomic mass is 35.5. The third-order valence-electron chi connectivity index (χ3n) is 5.17. The van der Waals surface area contributed by atoms with Gasteiger partial charge in [-0.2, -0.15) is 4.98 Å². The second-order valence-corrected chi connectivity index (χ2v) is 6.80. The Labute approximate surface area is 157 Å². The van der Waals surface area contributed by atoms with Crippen LogP contribution in [0.1, 0.15) is 24.7 Å². The zero-order valence-corrected chi connectivity index (χ0v) is 14.9. The van der Waals surface area contributed by atoms with E-state index in [2.05, 4.69) is 20.4 Å². The lowest BCUT2D eigenvalue weighted by Crippen LogP contribution is -2.10. The van der Waals surface area contributed by atoms with Crippen LogP contribution in [0.15, 0.2) is 53.2 Å². The molecule has 0 bridgehead atoms. The Morgan fingerprint density at radius 2 is 2.04 bits per heavy atom. The van der Waals surface area contributed by atoms with Crippen molar-refractivity contribution < 1.29 is 9.26 Å². The van der Waals surface area contributed by atoms with Gasteiger partial charge in [0.05, 0.1) is 0 Å². The molecule has 0 amide bonds. The number of aromatic nitrogens is 3. The van der Waals surface area contributed by atoms with Crippen molar-refractivity contribution >= 4 is 12.4 Å². The molecule has 1 N–H and O–H groups in total. The van der Waals surface area contributed by atoms with Crippen LogP contribution in [0.4, 0.5) is 0 Å². The van der Waals surface area contributed by atoms with Crippen molar-refractivity contribution in [3.63, 3.8) is 0 Å². The Hall–Kier alpha value is -2.44. The molecule has 1 spiro atoms. The number of rotatable bonds is 4. The number of para-hydroxylation sites is 1. The molecule has 2 aromatic heterocycles. The highest BCUT2D eigenvalue weighted by Gasteiger charge is 2.58. The summed E-state index contributed by atoms with van der Waals surface area (Å²) in [6.45, 7) is 2.15. The van der Waals surface area contributed by atoms with E-state index in [-0.39, 0.29) is 12.4 Å². The quantitative estimate of drug-likeness (QED) is 0.752. The van der Waals surface area contributed by atoms with E-state index in [1.54, 1.807) is 6.20 Å². The van der Waals surface area contributed by atoms with Gasteiger partial charge in [-0.15, -0.1) is 12.4 Å². The van der Waals surface area contributed by atoms with Gasteiger partial charge in [0, 0.05) is 30.3 Å². The molecule has 0 radical (unpaired) electrons. The molecule has 6 nitrogen and oxygen atoms in total. The first-order valence-corrected chi connectivity index (χ1v) is 8.56. The Balaban J connectivity index is 0.00000168. The summed E-state index contributed by atoms with van der Waals surface area (Å²) in [5, 5.41) is 7.55. The Morgan fingerprint density at radius 1 is 1.15 bits per heavy atom. The Kier molecular flexibility index (Phi) is 4.38. The first-order valence-electron chi connectivity index (χ1n) is 8.56. The summed E-state index contributed by atoms with van der Waals surface area (Å²) in [6.07, 6.45) is 4.05. The van der Waals surface area contributed by atoms with Gasteiger partial charge in [-0.25, -0.2) is 4.98 Å². The maximum atomic E-state index is 5.70. The Morgan fingerprint density at radius 3 is 2.77 bits per heavy atom. The number of hydrogen-bond donors (Lipinski definition) is 1. The van der Waals surface area contributed by atoms with E-state index < -0.39 is 0 Å². The van der Waals surface area contributed by atoms with Crippen LogP contribution in [-0.4, -0.2) is 28.2 Å². The average Bonchev–Trinajstić information content (AvgIpc) is 3.01. The number of halogens is 1. The molecule has 2 atom stereocenters. The van der Waals surface area contributed by atoms with Gasteiger partial charge in [-0.1, -0.05) is 23.4 Å². The van der Waals surface area contributed by atoms with Gasteiger partial charge in [0.1, 0.15) is 5.75 Å². The molecule has 1 aliphatic heterocycles. The summed E-state index contributed by atoms with van der Waals surface area (Å²) in [5.41, 5.74) is 1.18. The van der Waals surface area contributed by atoms with Crippen LogP contribution < -0.4 is 10.1 Å². The Bertz CT molecular complexity index is 876. The fourth-order valence-electron chi connectivity index (χ4n) is 3.61. The van der Waals surface area contributed by atoms with Gasteiger partial charge < -0.3 is 14.6 Å². The van der Waals surface area contributed by atoms with E-state index in [4.69, 9.17) is 9.26 Å². The van der Waals surface area contributed by atoms with Crippen LogP contribution in [-0.2, 0) is 0 Å². The fraction of sp³-hybridized carbons (Fsp3) is 0.316. The lowest BCUT2D eigenvalue weighted by atomic mass is 10.0. The van der Waals surface area contributed by atoms with Crippen molar-refractivity contribution in [2.75, 3.05) is 13.1 Å². The molecule has 1 aliphatic carbocycles. The van der Waals surface area contributed by atoms with Gasteiger partial charge >= 0.3 is 0 Å². The minimum absolute atomic E-state index is 0. The summed E-state index contributed by atoms with van der Waals surface area (Å²) in [5.74, 6) is 3.04. The van der Waals surface area contributed by atoms with Crippen LogP contribution in [0, 0.1) is 5.41 Å². The molecular weight excluding hydrogens is 352 g/mol. The normalized spacial score (nSPS) is 23.6. The number of pyridine rings is 1. The molecule has 7 heteroatoms. The predicted octanol–water partition coefficient (Wildman–Crippen LogP) is 3.81. The first-order chi connectivity index (χ1) is 12.3. The molecule has 5 rings (SSSR count). The summed E-state index contributed by atoms with van der Waals surface area (Å²) < 4.78 is 11.2. The molecule has 2 aliphatic rings. The van der Waals surface area contributed by atoms with Crippen molar-refractivity contribution in [2.24, 2.45) is 5.41 Å². The molecule has 2 unspecified atom stereocenters. The van der Waals surface area contributed by atoms with Crippen LogP contribution >= 0.6 is 12.4 Å². The average molecular weight is 371 g/mol. The van der Waals surface area contributed by atoms with Gasteiger partial charge in [0.25, 0.3) is 0 Å². The summed E-state index contributed by atoms with van der Waals surface area (Å²) in [4.78, 5) is 8.93. The van der Waals surface area contributed by atoms with Gasteiger partial charge in [-0.05, 0) is 43.0 Å². The maximum absolute atomic E-state index is 5.70. The summed E-state index contributed by atoms with van der Waals surface area (Å²) in [6, 6.07) is 13.3. The first kappa shape index (κ1) is 17.0. The van der Waals surface area contributed by atoms with Crippen molar-refractivity contribution in [1.82, 2.24) is 20.4 Å². The molecule has 26 heavy (non-hydrogen) atoms. The van der Waals surface area contributed by atoms with Crippen LogP contribution in [0.5, 0.6) is 11.6 Å². The fourth-order valence-corrected chi connectivity index (χ4v) is 3.61. The SMILES string of the molecule is Cl.c1ccc(Oc2ccc(-c3noc(C4CC45CCNC5)n3)cn2)cc1. The van der Waals surface area contributed by atoms with E-state index in [9.17, 15) is 0 Å². The molecule has 2 fully saturated rings. The molecule has 3 aromatic rings. The van der Waals surface area contributed by atoms with Gasteiger partial charge in [0.2, 0.25) is 17.6 Å². The third kappa shape index (κ3) is 3.06. The second-order valence-electron chi connectivity index (χ2n) is 6.80. The van der Waals surface area contributed by atoms with Crippen molar-refractivity contribution in [3.8, 4) is 23.0 Å². The molecule has 134 valence electrons. The maximum Gasteiger partial charge on any atom is 0.230 e. The van der Waals surface area contributed by atoms with Crippen molar-refractivity contribution in [1.29, 1.82) is 0 Å². The van der Waals surface area contributed by atoms with E-state index in [0.717, 1.165) is 36.7 Å². The summed E-state index contributed by atoms with van der Waals surface area (Å²) in [7, 11) is 0. The van der Waals surface area contributed by atoms with Crippen LogP contribution in [0.25, 0.3) is 11.4 Å². The monoisotopic (exact) mass is 370 g/mol. The minimum atomic E-state index is 0. The minimum Gasteiger partial charge on any atom is -0.439 e. The van der Waals surface area contributed by atoms with Gasteiger partial charge in [-0.3, -0.25) is 0 Å². The van der Waals surface area contributed by atoms with E-state index in [0.29, 0.717) is 23.0 Å². The van der Waals surface area contributed by atoms with E-state index in [1.165, 1.54) is 6.42 Å². The zero-order chi connectivity index (χ0) is 16.7. The second kappa shape index (κ2) is 6.70. The number of ether oxygens (including phenoxy) is 1. The highest BCUT2D eigenvalue weighted by molar-refractivity contribution is 5.85. The molecule has 1 saturated heterocycles. The smallest absolute Gasteiger partial charge is 0.230 e. The number of hydrogen-bond acceptors (Lipinski definition) is 6. The molecule has 3 heterocycles. The number of nitrogens with zero attached hydrogens (tertiary/aromatic N) is 3. The van der Waals surface area contributed by atoms with Gasteiger partial charge in [0.15, 0.2) is 0 Å². The summed E-state index contributed by atoms with van der Waals surface area (Å²) >= 11 is 0. The molecule has 1 saturated carbocycles. The van der Waals surface area contributed by atoms with Crippen molar-refractivity contribution in [2.45, 2.75) is 18.8 Å². The van der Waals surface area contributed by atoms with Crippen molar-refractivity contribution in [3.05, 3.63) is 54.6 Å². The lowest BCUT2D eigenvalue weighted by molar-refractivity contribution is 0.364.